The van der Waals surface area contributed by atoms with Crippen molar-refractivity contribution in [2.24, 2.45) is 0 Å². The molecule has 4 heterocycles. The van der Waals surface area contributed by atoms with Gasteiger partial charge in [0.15, 0.2) is 5.82 Å². The van der Waals surface area contributed by atoms with Gasteiger partial charge in [0.05, 0.1) is 42.0 Å². The van der Waals surface area contributed by atoms with Crippen molar-refractivity contribution in [2.45, 2.75) is 57.5 Å². The number of carbonyl (C=O) groups is 1. The van der Waals surface area contributed by atoms with Crippen molar-refractivity contribution in [2.75, 3.05) is 17.3 Å². The first-order chi connectivity index (χ1) is 20.0. The van der Waals surface area contributed by atoms with Crippen LogP contribution in [0.2, 0.25) is 5.02 Å². The summed E-state index contributed by atoms with van der Waals surface area (Å²) < 4.78 is 5.01. The third-order valence-electron chi connectivity index (χ3n) is 6.85. The van der Waals surface area contributed by atoms with E-state index in [1.807, 2.05) is 6.92 Å². The van der Waals surface area contributed by atoms with E-state index >= 15 is 0 Å². The van der Waals surface area contributed by atoms with Gasteiger partial charge in [-0.3, -0.25) is 19.8 Å². The minimum Gasteiger partial charge on any atom is -0.467 e. The fraction of sp³-hybridized carbons (Fsp3) is 0.370. The Morgan fingerprint density at radius 1 is 1.10 bits per heavy atom. The van der Waals surface area contributed by atoms with Crippen LogP contribution in [0.5, 0.6) is 6.01 Å². The zero-order valence-electron chi connectivity index (χ0n) is 22.6. The molecular weight excluding hydrogens is 546 g/mol. The maximum Gasteiger partial charge on any atom is 0.316 e. The number of hydrogen-bond acceptors (Lipinski definition) is 11. The minimum atomic E-state index is -0.0168. The highest BCUT2D eigenvalue weighted by molar-refractivity contribution is 6.32. The second kappa shape index (κ2) is 12.6. The second-order valence-corrected chi connectivity index (χ2v) is 9.94. The van der Waals surface area contributed by atoms with Crippen molar-refractivity contribution in [1.29, 1.82) is 5.26 Å². The Morgan fingerprint density at radius 2 is 1.88 bits per heavy atom. The molecule has 14 heteroatoms. The Labute approximate surface area is 241 Å². The lowest BCUT2D eigenvalue weighted by atomic mass is 9.90. The molecule has 0 aromatic carbocycles. The van der Waals surface area contributed by atoms with E-state index in [2.05, 4.69) is 51.5 Å². The number of halogens is 1. The molecule has 0 spiro atoms. The zero-order valence-corrected chi connectivity index (χ0v) is 23.3. The normalized spacial score (nSPS) is 16.5. The number of amides is 1. The van der Waals surface area contributed by atoms with E-state index in [0.29, 0.717) is 45.9 Å². The molecule has 0 aliphatic heterocycles. The first-order valence-electron chi connectivity index (χ1n) is 13.2. The summed E-state index contributed by atoms with van der Waals surface area (Å²) >= 11 is 6.21. The van der Waals surface area contributed by atoms with Crippen LogP contribution >= 0.6 is 11.6 Å². The van der Waals surface area contributed by atoms with Crippen LogP contribution in [-0.2, 0) is 4.79 Å². The Kier molecular flexibility index (Phi) is 8.59. The van der Waals surface area contributed by atoms with E-state index in [1.165, 1.54) is 19.5 Å². The molecule has 1 aliphatic rings. The first kappa shape index (κ1) is 27.9. The molecule has 210 valence electrons. The molecule has 1 saturated carbocycles. The van der Waals surface area contributed by atoms with Gasteiger partial charge in [0, 0.05) is 42.7 Å². The average Bonchev–Trinajstić information content (AvgIpc) is 3.44. The predicted octanol–water partition coefficient (Wildman–Crippen LogP) is 4.20. The molecule has 4 aromatic heterocycles. The van der Waals surface area contributed by atoms with Crippen molar-refractivity contribution in [3.63, 3.8) is 0 Å². The summed E-state index contributed by atoms with van der Waals surface area (Å²) in [5, 5.41) is 20.0. The van der Waals surface area contributed by atoms with Gasteiger partial charge < -0.3 is 10.1 Å². The number of hydrogen-bond donors (Lipinski definition) is 2. The van der Waals surface area contributed by atoms with Crippen LogP contribution in [0.15, 0.2) is 37.2 Å². The number of anilines is 2. The SMILES string of the molecule is CCCC(=O)N(c1cnc(-c2cnc(OC)nc2)cn1)[C@H]1CC[C@H](Nc2ncc(C#N)c(-c3n[nH]cc3Cl)n2)CC1. The summed E-state index contributed by atoms with van der Waals surface area (Å²) in [6.07, 6.45) is 13.8. The summed E-state index contributed by atoms with van der Waals surface area (Å²) in [6, 6.07) is 2.43. The third-order valence-corrected chi connectivity index (χ3v) is 7.13. The van der Waals surface area contributed by atoms with Gasteiger partial charge in [-0.1, -0.05) is 18.5 Å². The van der Waals surface area contributed by atoms with Crippen LogP contribution in [0.3, 0.4) is 0 Å². The Bertz CT molecular complexity index is 1530. The maximum atomic E-state index is 13.2. The van der Waals surface area contributed by atoms with Crippen LogP contribution in [0, 0.1) is 11.3 Å². The average molecular weight is 574 g/mol. The van der Waals surface area contributed by atoms with E-state index in [-0.39, 0.29) is 29.6 Å². The number of methoxy groups -OCH3 is 1. The summed E-state index contributed by atoms with van der Waals surface area (Å²) in [5.41, 5.74) is 2.35. The van der Waals surface area contributed by atoms with Crippen molar-refractivity contribution in [3.05, 3.63) is 47.8 Å². The van der Waals surface area contributed by atoms with E-state index in [4.69, 9.17) is 16.3 Å². The highest BCUT2D eigenvalue weighted by Crippen LogP contribution is 2.31. The van der Waals surface area contributed by atoms with Gasteiger partial charge in [-0.2, -0.15) is 10.4 Å². The van der Waals surface area contributed by atoms with Crippen molar-refractivity contribution < 1.29 is 9.53 Å². The fourth-order valence-electron chi connectivity index (χ4n) is 4.82. The monoisotopic (exact) mass is 573 g/mol. The molecule has 1 aliphatic carbocycles. The Hall–Kier alpha value is -4.70. The molecule has 4 aromatic rings. The summed E-state index contributed by atoms with van der Waals surface area (Å²) in [7, 11) is 1.50. The third kappa shape index (κ3) is 6.22. The molecule has 1 fully saturated rings. The quantitative estimate of drug-likeness (QED) is 0.294. The highest BCUT2D eigenvalue weighted by Gasteiger charge is 2.31. The van der Waals surface area contributed by atoms with Gasteiger partial charge in [-0.25, -0.2) is 24.9 Å². The lowest BCUT2D eigenvalue weighted by Gasteiger charge is -2.36. The summed E-state index contributed by atoms with van der Waals surface area (Å²) in [4.78, 5) is 41.2. The number of nitriles is 1. The molecule has 0 unspecified atom stereocenters. The fourth-order valence-corrected chi connectivity index (χ4v) is 5.00. The van der Waals surface area contributed by atoms with Gasteiger partial charge >= 0.3 is 6.01 Å². The molecule has 0 bridgehead atoms. The molecule has 5 rings (SSSR count). The lowest BCUT2D eigenvalue weighted by Crippen LogP contribution is -2.44. The number of H-pyrrole nitrogens is 1. The van der Waals surface area contributed by atoms with Crippen LogP contribution in [0.4, 0.5) is 11.8 Å². The molecule has 41 heavy (non-hydrogen) atoms. The molecule has 0 saturated heterocycles. The summed E-state index contributed by atoms with van der Waals surface area (Å²) in [5.74, 6) is 0.938. The van der Waals surface area contributed by atoms with Crippen molar-refractivity contribution >= 4 is 29.3 Å². The number of rotatable bonds is 9. The van der Waals surface area contributed by atoms with Crippen LogP contribution in [0.1, 0.15) is 51.0 Å². The van der Waals surface area contributed by atoms with E-state index in [0.717, 1.165) is 32.1 Å². The number of aromatic nitrogens is 8. The molecule has 0 radical (unpaired) electrons. The molecule has 2 N–H and O–H groups in total. The van der Waals surface area contributed by atoms with Gasteiger partial charge in [0.25, 0.3) is 0 Å². The topological polar surface area (TPSA) is 171 Å². The Balaban J connectivity index is 1.28. The number of aromatic amines is 1. The largest absolute Gasteiger partial charge is 0.467 e. The second-order valence-electron chi connectivity index (χ2n) is 9.53. The van der Waals surface area contributed by atoms with Crippen molar-refractivity contribution in [1.82, 2.24) is 40.1 Å². The van der Waals surface area contributed by atoms with Crippen molar-refractivity contribution in [3.8, 4) is 34.7 Å². The lowest BCUT2D eigenvalue weighted by molar-refractivity contribution is -0.119. The molecule has 13 nitrogen and oxygen atoms in total. The first-order valence-corrected chi connectivity index (χ1v) is 13.6. The number of carbonyl (C=O) groups excluding carboxylic acids is 1. The van der Waals surface area contributed by atoms with Crippen LogP contribution < -0.4 is 15.0 Å². The van der Waals surface area contributed by atoms with Crippen LogP contribution in [-0.4, -0.2) is 65.2 Å². The standard InChI is InChI=1S/C27H28ClN11O2/c1-3-4-23(40)39(22-15-30-21(14-31-22)17-11-33-27(41-2)34-12-17)19-7-5-18(6-8-19)36-26-32-10-16(9-29)24(37-26)25-20(28)13-35-38-25/h10-15,18-19H,3-8H2,1-2H3,(H,35,38)(H,32,36,37)/t18-,19-. The Morgan fingerprint density at radius 3 is 2.49 bits per heavy atom. The minimum absolute atomic E-state index is 0.0168. The van der Waals surface area contributed by atoms with Gasteiger partial charge in [0.1, 0.15) is 17.5 Å². The number of nitrogens with zero attached hydrogens (tertiary/aromatic N) is 9. The van der Waals surface area contributed by atoms with Gasteiger partial charge in [0.2, 0.25) is 11.9 Å². The van der Waals surface area contributed by atoms with E-state index < -0.39 is 0 Å². The predicted molar refractivity (Wildman–Crippen MR) is 151 cm³/mol. The molecular formula is C27H28ClN11O2. The molecule has 0 atom stereocenters. The number of nitrogens with one attached hydrogen (secondary N) is 2. The van der Waals surface area contributed by atoms with Crippen LogP contribution in [0.25, 0.3) is 22.6 Å². The van der Waals surface area contributed by atoms with Gasteiger partial charge in [-0.05, 0) is 32.1 Å². The maximum absolute atomic E-state index is 13.2. The smallest absolute Gasteiger partial charge is 0.316 e. The number of ether oxygens (including phenoxy) is 1. The van der Waals surface area contributed by atoms with E-state index in [9.17, 15) is 10.1 Å². The molecule has 1 amide bonds. The summed E-state index contributed by atoms with van der Waals surface area (Å²) in [6.45, 7) is 1.98. The zero-order chi connectivity index (χ0) is 28.8. The van der Waals surface area contributed by atoms with E-state index in [1.54, 1.807) is 29.7 Å². The highest BCUT2D eigenvalue weighted by atomic mass is 35.5. The van der Waals surface area contributed by atoms with Gasteiger partial charge in [-0.15, -0.1) is 0 Å².